The van der Waals surface area contributed by atoms with Crippen LogP contribution in [0.15, 0.2) is 64.0 Å². The van der Waals surface area contributed by atoms with Crippen molar-refractivity contribution >= 4 is 121 Å². The molecular weight excluding hydrogens is 1290 g/mol. The maximum absolute atomic E-state index is 14.4. The quantitative estimate of drug-likeness (QED) is 0.0502. The molecule has 8 heterocycles. The standard InChI is InChI=1S/C60H62N12O13S6/c1-28(2)34-20-40(73)46-29(3)90-57(70-46)36(21-43(74)61-4)64-51(79)38-25-86-53(66-38)33-17-18-35(55-68-42(27-89-55)72(19-9-12-45(76)77)60(83)85-32-15-13-31(14-16-32)59(81)82)63-47(33)37-24-87-56(65-37)39-26-88-58(67-39)49(50(78)30-10-7-6-8-11-30)69-44(75)22-62-52(80)48-41(23-84-5)91-54(34)71-48/h6-8,10-11,17-18,24-28,31-32,34,36,49-50,78H,9,12-16,19-23H2,1-5H3,(H,61,74)(H,62,80)(H,64,79)(H,69,75)(H,76,77)(H,81,82)/t31?,32?,34?,36-,49-,50-/m0/s1. The number of aromatic nitrogens is 7. The third-order valence-corrected chi connectivity index (χ3v) is 20.9. The molecule has 1 unspecified atom stereocenters. The molecule has 1 aliphatic carbocycles. The summed E-state index contributed by atoms with van der Waals surface area (Å²) in [6, 6.07) is 10.0. The number of thiazole rings is 6. The number of rotatable bonds is 15. The van der Waals surface area contributed by atoms with Crippen molar-refractivity contribution in [1.82, 2.24) is 56.2 Å². The summed E-state index contributed by atoms with van der Waals surface area (Å²) in [5.74, 6) is -5.66. The Morgan fingerprint density at radius 3 is 2.16 bits per heavy atom. The average molecular weight is 1350 g/mol. The highest BCUT2D eigenvalue weighted by Crippen LogP contribution is 2.41. The summed E-state index contributed by atoms with van der Waals surface area (Å²) in [5.41, 5.74) is 2.49. The maximum atomic E-state index is 14.4. The second-order valence-electron chi connectivity index (χ2n) is 21.8. The van der Waals surface area contributed by atoms with Crippen molar-refractivity contribution in [2.45, 2.75) is 109 Å². The van der Waals surface area contributed by atoms with Gasteiger partial charge in [0.15, 0.2) is 5.78 Å². The Labute approximate surface area is 544 Å². The van der Waals surface area contributed by atoms with Gasteiger partial charge in [-0.3, -0.25) is 38.5 Å². The van der Waals surface area contributed by atoms with Crippen molar-refractivity contribution in [3.8, 4) is 43.4 Å². The smallest absolute Gasteiger partial charge is 0.415 e. The van der Waals surface area contributed by atoms with E-state index in [4.69, 9.17) is 44.4 Å². The fourth-order valence-electron chi connectivity index (χ4n) is 10.3. The number of ether oxygens (including phenoxy) is 2. The Morgan fingerprint density at radius 1 is 0.736 bits per heavy atom. The lowest BCUT2D eigenvalue weighted by molar-refractivity contribution is -0.143. The van der Waals surface area contributed by atoms with Crippen LogP contribution < -0.4 is 26.2 Å². The molecule has 5 amide bonds. The Morgan fingerprint density at radius 2 is 1.44 bits per heavy atom. The Kier molecular flexibility index (Phi) is 21.3. The Bertz CT molecular complexity index is 4000. The first-order chi connectivity index (χ1) is 43.7. The number of amides is 5. The fraction of sp³-hybridized carbons (Fsp3) is 0.383. The number of hydrogen-bond donors (Lipinski definition) is 7. The van der Waals surface area contributed by atoms with Crippen molar-refractivity contribution in [3.05, 3.63) is 111 Å². The number of aliphatic hydroxyl groups is 1. The molecule has 7 aromatic heterocycles. The van der Waals surface area contributed by atoms with E-state index in [2.05, 4.69) is 21.3 Å². The summed E-state index contributed by atoms with van der Waals surface area (Å²) in [6.45, 7) is 5.04. The number of aliphatic carboxylic acids is 2. The summed E-state index contributed by atoms with van der Waals surface area (Å²) in [7, 11) is 2.94. The predicted molar refractivity (Wildman–Crippen MR) is 342 cm³/mol. The molecule has 10 rings (SSSR count). The number of benzene rings is 1. The minimum absolute atomic E-state index is 0.00254. The van der Waals surface area contributed by atoms with Crippen LogP contribution >= 0.6 is 68.0 Å². The van der Waals surface area contributed by atoms with Gasteiger partial charge in [0.1, 0.15) is 83.3 Å². The van der Waals surface area contributed by atoms with E-state index >= 15 is 0 Å². The molecule has 1 aromatic carbocycles. The summed E-state index contributed by atoms with van der Waals surface area (Å²) in [5, 5.41) is 51.0. The van der Waals surface area contributed by atoms with E-state index < -0.39 is 84.3 Å². The molecule has 31 heteroatoms. The zero-order chi connectivity index (χ0) is 64.6. The van der Waals surface area contributed by atoms with Crippen molar-refractivity contribution in [1.29, 1.82) is 0 Å². The monoisotopic (exact) mass is 1350 g/mol. The molecule has 25 nitrogen and oxygen atoms in total. The number of anilines is 1. The highest BCUT2D eigenvalue weighted by atomic mass is 32.1. The van der Waals surface area contributed by atoms with E-state index in [1.54, 1.807) is 70.9 Å². The summed E-state index contributed by atoms with van der Waals surface area (Å²) in [6.07, 6.45) is -1.69. The highest BCUT2D eigenvalue weighted by molar-refractivity contribution is 7.15. The van der Waals surface area contributed by atoms with Crippen LogP contribution in [0.1, 0.15) is 151 Å². The van der Waals surface area contributed by atoms with Crippen LogP contribution in [0, 0.1) is 18.8 Å². The number of carboxylic acids is 2. The number of carbonyl (C=O) groups excluding carboxylic acids is 6. The molecule has 0 radical (unpaired) electrons. The maximum Gasteiger partial charge on any atom is 0.415 e. The number of ketones is 1. The molecule has 0 spiro atoms. The second-order valence-corrected chi connectivity index (χ2v) is 27.6. The minimum atomic E-state index is -1.30. The SMILES string of the molecule is CNC(=O)C[C@@H]1NC(=O)c2csc(n2)-c2ccc(-c3nc(N(CCCC(=O)O)C(=O)OC4CCC(C(=O)O)CC4)cs3)nc2-c2csc(n2)-c2csc(n2)[C@H]([C@@H](O)c2ccccc2)NC(=O)CNC(=O)c2nc(sc2COC)C(C(C)C)CC(=O)c2nc1sc2C. The van der Waals surface area contributed by atoms with Crippen molar-refractivity contribution < 1.29 is 63.1 Å². The number of nitrogens with zero attached hydrogens (tertiary/aromatic N) is 8. The van der Waals surface area contributed by atoms with Crippen molar-refractivity contribution in [3.63, 3.8) is 0 Å². The highest BCUT2D eigenvalue weighted by Gasteiger charge is 2.35. The minimum Gasteiger partial charge on any atom is -0.481 e. The van der Waals surface area contributed by atoms with Gasteiger partial charge in [-0.25, -0.2) is 39.7 Å². The van der Waals surface area contributed by atoms with E-state index in [9.17, 15) is 53.7 Å². The zero-order valence-electron chi connectivity index (χ0n) is 49.6. The van der Waals surface area contributed by atoms with E-state index in [-0.39, 0.29) is 73.4 Å². The van der Waals surface area contributed by atoms with Gasteiger partial charge in [-0.05, 0) is 62.6 Å². The molecular formula is C60H62N12O13S6. The van der Waals surface area contributed by atoms with Crippen LogP contribution in [0.5, 0.6) is 0 Å². The van der Waals surface area contributed by atoms with Gasteiger partial charge in [-0.15, -0.1) is 68.0 Å². The first kappa shape index (κ1) is 65.8. The number of methoxy groups -OCH3 is 1. The number of carboxylic acid groups (broad SMARTS) is 2. The van der Waals surface area contributed by atoms with Gasteiger partial charge in [0.05, 0.1) is 47.1 Å². The summed E-state index contributed by atoms with van der Waals surface area (Å²) in [4.78, 5) is 144. The van der Waals surface area contributed by atoms with Gasteiger partial charge in [0.25, 0.3) is 11.8 Å². The summed E-state index contributed by atoms with van der Waals surface area (Å²) >= 11 is 7.08. The molecule has 1 saturated carbocycles. The van der Waals surface area contributed by atoms with Crippen LogP contribution in [0.3, 0.4) is 0 Å². The van der Waals surface area contributed by atoms with Gasteiger partial charge in [0.2, 0.25) is 11.8 Å². The number of aliphatic hydroxyl groups excluding tert-OH is 1. The predicted octanol–water partition coefficient (Wildman–Crippen LogP) is 9.65. The van der Waals surface area contributed by atoms with Gasteiger partial charge < -0.3 is 46.1 Å². The van der Waals surface area contributed by atoms with Crippen molar-refractivity contribution in [2.75, 3.05) is 32.1 Å². The lowest BCUT2D eigenvalue weighted by atomic mass is 9.87. The number of pyridine rings is 1. The van der Waals surface area contributed by atoms with Crippen LogP contribution in [0.4, 0.5) is 10.6 Å². The molecule has 1 aliphatic heterocycles. The van der Waals surface area contributed by atoms with Crippen molar-refractivity contribution in [2.24, 2.45) is 11.8 Å². The molecule has 8 aromatic rings. The van der Waals surface area contributed by atoms with Gasteiger partial charge in [-0.1, -0.05) is 44.2 Å². The van der Waals surface area contributed by atoms with E-state index in [0.29, 0.717) is 99.4 Å². The number of hydrogen-bond acceptors (Lipinski definition) is 24. The van der Waals surface area contributed by atoms with Gasteiger partial charge in [-0.2, -0.15) is 0 Å². The number of Topliss-reactive ketones (excluding diaryl/α,β-unsaturated/α-hetero) is 1. The topological polar surface area (TPSA) is 357 Å². The lowest BCUT2D eigenvalue weighted by Crippen LogP contribution is -2.40. The molecule has 7 N–H and O–H groups in total. The molecule has 10 bridgehead atoms. The Balaban J connectivity index is 1.04. The summed E-state index contributed by atoms with van der Waals surface area (Å²) < 4.78 is 11.3. The van der Waals surface area contributed by atoms with Gasteiger partial charge >= 0.3 is 18.0 Å². The third kappa shape index (κ3) is 15.6. The van der Waals surface area contributed by atoms with E-state index in [0.717, 1.165) is 34.0 Å². The third-order valence-electron chi connectivity index (χ3n) is 15.2. The Hall–Kier alpha value is -8.17. The molecule has 0 saturated heterocycles. The first-order valence-corrected chi connectivity index (χ1v) is 34.0. The van der Waals surface area contributed by atoms with Gasteiger partial charge in [0, 0.05) is 71.4 Å². The largest absolute Gasteiger partial charge is 0.481 e. The van der Waals surface area contributed by atoms with Crippen LogP contribution in [-0.2, 0) is 35.3 Å². The normalized spacial score (nSPS) is 18.6. The molecule has 476 valence electrons. The molecule has 1 fully saturated rings. The number of fused-ring (bicyclic) bond motifs is 14. The fourth-order valence-corrected chi connectivity index (χ4v) is 15.9. The molecule has 2 aliphatic rings. The van der Waals surface area contributed by atoms with Crippen LogP contribution in [0.25, 0.3) is 43.4 Å². The molecule has 4 atom stereocenters. The van der Waals surface area contributed by atoms with E-state index in [1.165, 1.54) is 53.1 Å². The number of carbonyl (C=O) groups is 8. The molecule has 91 heavy (non-hydrogen) atoms. The number of aryl methyl sites for hydroxylation is 1. The lowest BCUT2D eigenvalue weighted by Gasteiger charge is -2.28. The second kappa shape index (κ2) is 29.4. The zero-order valence-corrected chi connectivity index (χ0v) is 54.5. The van der Waals surface area contributed by atoms with Crippen LogP contribution in [0.2, 0.25) is 0 Å². The number of nitrogens with one attached hydrogen (secondary N) is 4. The average Bonchev–Trinajstić information content (AvgIpc) is 1.75. The van der Waals surface area contributed by atoms with E-state index in [1.807, 2.05) is 13.8 Å². The van der Waals surface area contributed by atoms with Crippen LogP contribution in [-0.4, -0.2) is 131 Å². The first-order valence-electron chi connectivity index (χ1n) is 28.8.